The van der Waals surface area contributed by atoms with Crippen LogP contribution in [-0.4, -0.2) is 83.1 Å². The maximum atomic E-state index is 12.8. The second-order valence-corrected chi connectivity index (χ2v) is 8.57. The van der Waals surface area contributed by atoms with E-state index in [0.717, 1.165) is 57.5 Å². The van der Waals surface area contributed by atoms with E-state index >= 15 is 0 Å². The Labute approximate surface area is 162 Å². The van der Waals surface area contributed by atoms with Crippen LogP contribution < -0.4 is 0 Å². The second-order valence-electron chi connectivity index (χ2n) is 8.57. The quantitative estimate of drug-likeness (QED) is 0.754. The van der Waals surface area contributed by atoms with Crippen LogP contribution in [0.2, 0.25) is 0 Å². The largest absolute Gasteiger partial charge is 0.342 e. The normalized spacial score (nSPS) is 23.5. The lowest BCUT2D eigenvalue weighted by atomic mass is 9.73. The molecule has 7 nitrogen and oxygen atoms in total. The van der Waals surface area contributed by atoms with Crippen LogP contribution in [0, 0.1) is 12.3 Å². The first kappa shape index (κ1) is 19.9. The van der Waals surface area contributed by atoms with Crippen molar-refractivity contribution in [2.24, 2.45) is 5.41 Å². The number of aromatic nitrogens is 2. The molecule has 1 unspecified atom stereocenters. The van der Waals surface area contributed by atoms with Gasteiger partial charge < -0.3 is 14.7 Å². The molecule has 2 fully saturated rings. The van der Waals surface area contributed by atoms with Gasteiger partial charge in [-0.1, -0.05) is 0 Å². The summed E-state index contributed by atoms with van der Waals surface area (Å²) < 4.78 is 1.84. The van der Waals surface area contributed by atoms with Crippen molar-refractivity contribution in [3.05, 3.63) is 18.0 Å². The van der Waals surface area contributed by atoms with Gasteiger partial charge in [0, 0.05) is 63.7 Å². The van der Waals surface area contributed by atoms with Gasteiger partial charge in [0.25, 0.3) is 0 Å². The minimum atomic E-state index is 0.0798. The van der Waals surface area contributed by atoms with Crippen LogP contribution in [0.4, 0.5) is 0 Å². The molecule has 0 aromatic carbocycles. The summed E-state index contributed by atoms with van der Waals surface area (Å²) in [7, 11) is 4.07. The van der Waals surface area contributed by atoms with Crippen molar-refractivity contribution < 1.29 is 9.59 Å². The average molecular weight is 376 g/mol. The molecule has 0 bridgehead atoms. The Kier molecular flexibility index (Phi) is 6.19. The summed E-state index contributed by atoms with van der Waals surface area (Å²) in [6, 6.07) is 0. The van der Waals surface area contributed by atoms with E-state index in [0.29, 0.717) is 19.4 Å². The Morgan fingerprint density at radius 3 is 2.78 bits per heavy atom. The van der Waals surface area contributed by atoms with E-state index in [4.69, 9.17) is 0 Å². The molecule has 1 atom stereocenters. The number of hydrogen-bond donors (Lipinski definition) is 0. The van der Waals surface area contributed by atoms with Gasteiger partial charge in [0.05, 0.1) is 6.20 Å². The number of rotatable bonds is 6. The molecule has 0 radical (unpaired) electrons. The molecule has 2 amide bonds. The molecule has 0 N–H and O–H groups in total. The number of likely N-dealkylation sites (N-methyl/N-ethyl adjacent to an activating group) is 1. The number of piperidine rings is 2. The fraction of sp³-hybridized carbons (Fsp3) is 0.750. The molecule has 7 heteroatoms. The molecule has 0 aliphatic carbocycles. The highest BCUT2D eigenvalue weighted by Crippen LogP contribution is 2.39. The number of hydrogen-bond acceptors (Lipinski definition) is 4. The highest BCUT2D eigenvalue weighted by molar-refractivity contribution is 5.78. The first-order valence-corrected chi connectivity index (χ1v) is 10.1. The number of carbonyl (C=O) groups is 2. The fourth-order valence-corrected chi connectivity index (χ4v) is 4.34. The lowest BCUT2D eigenvalue weighted by molar-refractivity contribution is -0.143. The molecular formula is C20H33N5O2. The lowest BCUT2D eigenvalue weighted by Gasteiger charge is -2.48. The van der Waals surface area contributed by atoms with Crippen molar-refractivity contribution in [3.63, 3.8) is 0 Å². The smallest absolute Gasteiger partial charge is 0.224 e. The molecule has 1 aromatic rings. The van der Waals surface area contributed by atoms with Crippen LogP contribution in [0.1, 0.15) is 37.7 Å². The average Bonchev–Trinajstić information content (AvgIpc) is 3.06. The summed E-state index contributed by atoms with van der Waals surface area (Å²) in [6.07, 6.45) is 7.94. The molecule has 2 saturated heterocycles. The molecule has 1 aromatic heterocycles. The highest BCUT2D eigenvalue weighted by Gasteiger charge is 2.42. The van der Waals surface area contributed by atoms with E-state index in [-0.39, 0.29) is 17.2 Å². The van der Waals surface area contributed by atoms with Crippen LogP contribution >= 0.6 is 0 Å². The van der Waals surface area contributed by atoms with Crippen molar-refractivity contribution >= 4 is 11.8 Å². The third kappa shape index (κ3) is 5.09. The molecule has 27 heavy (non-hydrogen) atoms. The van der Waals surface area contributed by atoms with Gasteiger partial charge in [0.15, 0.2) is 0 Å². The number of likely N-dealkylation sites (tertiary alicyclic amines) is 2. The Hall–Kier alpha value is -1.89. The zero-order valence-corrected chi connectivity index (χ0v) is 17.0. The van der Waals surface area contributed by atoms with Crippen molar-refractivity contribution in [2.75, 3.05) is 46.8 Å². The van der Waals surface area contributed by atoms with Crippen molar-refractivity contribution in [2.45, 2.75) is 45.6 Å². The molecule has 150 valence electrons. The Balaban J connectivity index is 1.57. The Bertz CT molecular complexity index is 671. The topological polar surface area (TPSA) is 61.7 Å². The summed E-state index contributed by atoms with van der Waals surface area (Å²) in [5.41, 5.74) is 1.19. The van der Waals surface area contributed by atoms with E-state index < -0.39 is 0 Å². The minimum Gasteiger partial charge on any atom is -0.342 e. The van der Waals surface area contributed by atoms with E-state index in [1.807, 2.05) is 47.9 Å². The number of carbonyl (C=O) groups excluding carboxylic acids is 2. The van der Waals surface area contributed by atoms with Gasteiger partial charge in [-0.2, -0.15) is 5.10 Å². The van der Waals surface area contributed by atoms with Crippen molar-refractivity contribution in [1.29, 1.82) is 0 Å². The number of aryl methyl sites for hydroxylation is 2. The maximum absolute atomic E-state index is 12.8. The van der Waals surface area contributed by atoms with E-state index in [1.165, 1.54) is 0 Å². The van der Waals surface area contributed by atoms with Crippen molar-refractivity contribution in [1.82, 2.24) is 24.5 Å². The molecule has 0 saturated carbocycles. The van der Waals surface area contributed by atoms with Gasteiger partial charge in [0.1, 0.15) is 0 Å². The summed E-state index contributed by atoms with van der Waals surface area (Å²) >= 11 is 0. The standard InChI is InChI=1S/C20H33N5O2/c1-17-13-21-25(14-17)10-6-19(27)23-9-4-7-20(15-23)8-5-18(26)24(16-20)12-11-22(2)3/h13-14H,4-12,15-16H2,1-3H3. The van der Waals surface area contributed by atoms with Crippen LogP contribution in [0.5, 0.6) is 0 Å². The molecule has 1 spiro atoms. The first-order chi connectivity index (χ1) is 12.9. The molecule has 3 heterocycles. The molecule has 3 rings (SSSR count). The van der Waals surface area contributed by atoms with E-state index in [9.17, 15) is 9.59 Å². The SMILES string of the molecule is Cc1cnn(CCC(=O)N2CCCC3(CCC(=O)N(CCN(C)C)C3)C2)c1. The van der Waals surface area contributed by atoms with Crippen LogP contribution in [0.3, 0.4) is 0 Å². The zero-order valence-electron chi connectivity index (χ0n) is 17.0. The maximum Gasteiger partial charge on any atom is 0.224 e. The molecule has 2 aliphatic heterocycles. The van der Waals surface area contributed by atoms with Gasteiger partial charge in [-0.3, -0.25) is 14.3 Å². The van der Waals surface area contributed by atoms with Gasteiger partial charge in [-0.15, -0.1) is 0 Å². The van der Waals surface area contributed by atoms with Crippen molar-refractivity contribution in [3.8, 4) is 0 Å². The second kappa shape index (κ2) is 8.42. The lowest BCUT2D eigenvalue weighted by Crippen LogP contribution is -2.55. The van der Waals surface area contributed by atoms with E-state index in [1.54, 1.807) is 0 Å². The van der Waals surface area contributed by atoms with Gasteiger partial charge in [-0.25, -0.2) is 0 Å². The molecular weight excluding hydrogens is 342 g/mol. The third-order valence-electron chi connectivity index (χ3n) is 5.90. The highest BCUT2D eigenvalue weighted by atomic mass is 16.2. The zero-order chi connectivity index (χ0) is 19.4. The van der Waals surface area contributed by atoms with Gasteiger partial charge >= 0.3 is 0 Å². The third-order valence-corrected chi connectivity index (χ3v) is 5.90. The summed E-state index contributed by atoms with van der Waals surface area (Å²) in [6.45, 7) is 6.71. The van der Waals surface area contributed by atoms with E-state index in [2.05, 4.69) is 10.00 Å². The van der Waals surface area contributed by atoms with Crippen LogP contribution in [0.25, 0.3) is 0 Å². The predicted octanol–water partition coefficient (Wildman–Crippen LogP) is 1.37. The van der Waals surface area contributed by atoms with Crippen LogP contribution in [0.15, 0.2) is 12.4 Å². The summed E-state index contributed by atoms with van der Waals surface area (Å²) in [4.78, 5) is 31.2. The Morgan fingerprint density at radius 1 is 1.26 bits per heavy atom. The Morgan fingerprint density at radius 2 is 2.07 bits per heavy atom. The predicted molar refractivity (Wildman–Crippen MR) is 104 cm³/mol. The minimum absolute atomic E-state index is 0.0798. The fourth-order valence-electron chi connectivity index (χ4n) is 4.34. The molecule has 2 aliphatic rings. The summed E-state index contributed by atoms with van der Waals surface area (Å²) in [5.74, 6) is 0.471. The van der Waals surface area contributed by atoms with Gasteiger partial charge in [-0.05, 0) is 45.8 Å². The van der Waals surface area contributed by atoms with Crippen LogP contribution in [-0.2, 0) is 16.1 Å². The number of nitrogens with zero attached hydrogens (tertiary/aromatic N) is 5. The first-order valence-electron chi connectivity index (χ1n) is 10.1. The van der Waals surface area contributed by atoms with Gasteiger partial charge in [0.2, 0.25) is 11.8 Å². The number of amides is 2. The summed E-state index contributed by atoms with van der Waals surface area (Å²) in [5, 5.41) is 4.27. The monoisotopic (exact) mass is 375 g/mol.